The van der Waals surface area contributed by atoms with Crippen molar-refractivity contribution in [2.24, 2.45) is 5.73 Å². The molecular formula is C10H12NOS. The normalized spacial score (nSPS) is 10.0. The summed E-state index contributed by atoms with van der Waals surface area (Å²) in [5.41, 5.74) is 7.49. The molecule has 1 aromatic rings. The fraction of sp³-hybridized carbons (Fsp3) is 0.300. The highest BCUT2D eigenvalue weighted by molar-refractivity contribution is 8.12. The van der Waals surface area contributed by atoms with Gasteiger partial charge in [0.25, 0.3) is 0 Å². The van der Waals surface area contributed by atoms with Gasteiger partial charge in [-0.1, -0.05) is 30.0 Å². The van der Waals surface area contributed by atoms with E-state index in [9.17, 15) is 4.79 Å². The highest BCUT2D eigenvalue weighted by Crippen LogP contribution is 2.13. The molecule has 69 valence electrons. The average molecular weight is 194 g/mol. The van der Waals surface area contributed by atoms with Gasteiger partial charge in [-0.3, -0.25) is 4.79 Å². The Morgan fingerprint density at radius 1 is 1.54 bits per heavy atom. The van der Waals surface area contributed by atoms with E-state index < -0.39 is 0 Å². The van der Waals surface area contributed by atoms with Crippen LogP contribution in [0.3, 0.4) is 0 Å². The van der Waals surface area contributed by atoms with Crippen LogP contribution in [0.1, 0.15) is 18.1 Å². The molecule has 2 nitrogen and oxygen atoms in total. The van der Waals surface area contributed by atoms with Crippen LogP contribution < -0.4 is 5.73 Å². The molecule has 0 saturated heterocycles. The number of nitrogens with two attached hydrogens (primary N) is 1. The standard InChI is InChI=1S/C10H12NOS/c1-8(12)13-7-10-4-2-3-9(5-10)6-11/h2-4H,6-7,11H2,1H3. The van der Waals surface area contributed by atoms with Crippen molar-refractivity contribution < 1.29 is 4.79 Å². The minimum absolute atomic E-state index is 0.131. The third-order valence-corrected chi connectivity index (χ3v) is 2.43. The molecule has 0 aliphatic heterocycles. The van der Waals surface area contributed by atoms with Crippen LogP contribution >= 0.6 is 11.8 Å². The first-order chi connectivity index (χ1) is 6.22. The van der Waals surface area contributed by atoms with Gasteiger partial charge < -0.3 is 5.73 Å². The minimum Gasteiger partial charge on any atom is -0.326 e. The van der Waals surface area contributed by atoms with Gasteiger partial charge in [0.15, 0.2) is 5.12 Å². The van der Waals surface area contributed by atoms with E-state index >= 15 is 0 Å². The van der Waals surface area contributed by atoms with Gasteiger partial charge >= 0.3 is 0 Å². The smallest absolute Gasteiger partial charge is 0.186 e. The molecule has 1 radical (unpaired) electrons. The largest absolute Gasteiger partial charge is 0.326 e. The van der Waals surface area contributed by atoms with Gasteiger partial charge in [0.1, 0.15) is 0 Å². The zero-order chi connectivity index (χ0) is 9.68. The highest BCUT2D eigenvalue weighted by Gasteiger charge is 1.98. The summed E-state index contributed by atoms with van der Waals surface area (Å²) in [5, 5.41) is 0.131. The molecule has 0 unspecified atom stereocenters. The first-order valence-corrected chi connectivity index (χ1v) is 5.04. The van der Waals surface area contributed by atoms with Gasteiger partial charge in [-0.15, -0.1) is 0 Å². The fourth-order valence-corrected chi connectivity index (χ4v) is 1.48. The Morgan fingerprint density at radius 2 is 2.23 bits per heavy atom. The van der Waals surface area contributed by atoms with E-state index in [1.165, 1.54) is 11.8 Å². The van der Waals surface area contributed by atoms with Crippen molar-refractivity contribution in [3.63, 3.8) is 0 Å². The maximum atomic E-state index is 10.7. The summed E-state index contributed by atoms with van der Waals surface area (Å²) in [4.78, 5) is 10.7. The Bertz CT molecular complexity index is 299. The maximum absolute atomic E-state index is 10.7. The lowest BCUT2D eigenvalue weighted by atomic mass is 10.1. The van der Waals surface area contributed by atoms with E-state index in [1.807, 2.05) is 18.2 Å². The Balaban J connectivity index is 2.61. The second-order valence-electron chi connectivity index (χ2n) is 2.69. The molecule has 13 heavy (non-hydrogen) atoms. The number of rotatable bonds is 3. The molecule has 0 saturated carbocycles. The highest BCUT2D eigenvalue weighted by atomic mass is 32.2. The SMILES string of the molecule is CC(=O)SCc1[c]c(CN)ccc1. The average Bonchev–Trinajstić information content (AvgIpc) is 2.15. The summed E-state index contributed by atoms with van der Waals surface area (Å²) in [6.07, 6.45) is 0. The number of carbonyl (C=O) groups excluding carboxylic acids is 1. The van der Waals surface area contributed by atoms with Crippen LogP contribution in [0.25, 0.3) is 0 Å². The summed E-state index contributed by atoms with van der Waals surface area (Å²) in [5.74, 6) is 0.684. The number of carbonyl (C=O) groups is 1. The van der Waals surface area contributed by atoms with Gasteiger partial charge in [-0.25, -0.2) is 0 Å². The Kier molecular flexibility index (Phi) is 3.99. The van der Waals surface area contributed by atoms with Crippen molar-refractivity contribution in [2.75, 3.05) is 0 Å². The lowest BCUT2D eigenvalue weighted by molar-refractivity contribution is -0.109. The summed E-state index contributed by atoms with van der Waals surface area (Å²) >= 11 is 1.29. The zero-order valence-corrected chi connectivity index (χ0v) is 8.36. The predicted octanol–water partition coefficient (Wildman–Crippen LogP) is 1.73. The van der Waals surface area contributed by atoms with Gasteiger partial charge in [0.05, 0.1) is 0 Å². The molecule has 0 aromatic heterocycles. The van der Waals surface area contributed by atoms with Crippen molar-refractivity contribution in [3.05, 3.63) is 35.4 Å². The van der Waals surface area contributed by atoms with Crippen LogP contribution in [0.5, 0.6) is 0 Å². The molecule has 0 aliphatic carbocycles. The Morgan fingerprint density at radius 3 is 2.85 bits per heavy atom. The van der Waals surface area contributed by atoms with Crippen LogP contribution in [0.15, 0.2) is 18.2 Å². The van der Waals surface area contributed by atoms with Crippen molar-refractivity contribution in [2.45, 2.75) is 19.2 Å². The first-order valence-electron chi connectivity index (χ1n) is 4.06. The van der Waals surface area contributed by atoms with E-state index in [0.717, 1.165) is 11.1 Å². The zero-order valence-electron chi connectivity index (χ0n) is 7.54. The molecule has 0 fully saturated rings. The first kappa shape index (κ1) is 10.3. The van der Waals surface area contributed by atoms with Crippen LogP contribution in [0.4, 0.5) is 0 Å². The summed E-state index contributed by atoms with van der Waals surface area (Å²) in [7, 11) is 0. The van der Waals surface area contributed by atoms with Gasteiger partial charge in [-0.05, 0) is 17.2 Å². The van der Waals surface area contributed by atoms with Crippen molar-refractivity contribution >= 4 is 16.9 Å². The van der Waals surface area contributed by atoms with E-state index in [-0.39, 0.29) is 5.12 Å². The van der Waals surface area contributed by atoms with Crippen LogP contribution in [-0.4, -0.2) is 5.12 Å². The second-order valence-corrected chi connectivity index (χ2v) is 3.84. The predicted molar refractivity (Wildman–Crippen MR) is 55.1 cm³/mol. The van der Waals surface area contributed by atoms with Gasteiger partial charge in [-0.2, -0.15) is 0 Å². The van der Waals surface area contributed by atoms with E-state index in [4.69, 9.17) is 5.73 Å². The summed E-state index contributed by atoms with van der Waals surface area (Å²) in [6.45, 7) is 2.07. The number of hydrogen-bond acceptors (Lipinski definition) is 3. The molecule has 1 aromatic carbocycles. The monoisotopic (exact) mass is 194 g/mol. The second kappa shape index (κ2) is 5.04. The minimum atomic E-state index is 0.131. The number of benzene rings is 1. The molecular weight excluding hydrogens is 182 g/mol. The van der Waals surface area contributed by atoms with E-state index in [1.54, 1.807) is 6.92 Å². The van der Waals surface area contributed by atoms with Crippen molar-refractivity contribution in [1.82, 2.24) is 0 Å². The van der Waals surface area contributed by atoms with Gasteiger partial charge in [0.2, 0.25) is 0 Å². The van der Waals surface area contributed by atoms with Crippen molar-refractivity contribution in [3.8, 4) is 0 Å². The van der Waals surface area contributed by atoms with E-state index in [2.05, 4.69) is 6.07 Å². The molecule has 0 spiro atoms. The number of thioether (sulfide) groups is 1. The maximum Gasteiger partial charge on any atom is 0.186 e. The topological polar surface area (TPSA) is 43.1 Å². The molecule has 2 N–H and O–H groups in total. The van der Waals surface area contributed by atoms with Crippen LogP contribution in [0, 0.1) is 6.07 Å². The van der Waals surface area contributed by atoms with Crippen molar-refractivity contribution in [1.29, 1.82) is 0 Å². The molecule has 3 heteroatoms. The molecule has 1 rings (SSSR count). The molecule has 0 heterocycles. The summed E-state index contributed by atoms with van der Waals surface area (Å²) in [6, 6.07) is 8.98. The third-order valence-electron chi connectivity index (χ3n) is 1.57. The molecule has 0 aliphatic rings. The lowest BCUT2D eigenvalue weighted by Crippen LogP contribution is -1.97. The summed E-state index contributed by atoms with van der Waals surface area (Å²) < 4.78 is 0. The fourth-order valence-electron chi connectivity index (χ4n) is 0.953. The Hall–Kier alpha value is -0.800. The van der Waals surface area contributed by atoms with Crippen LogP contribution in [-0.2, 0) is 17.1 Å². The molecule has 0 bridgehead atoms. The lowest BCUT2D eigenvalue weighted by Gasteiger charge is -2.00. The van der Waals surface area contributed by atoms with Gasteiger partial charge in [0, 0.05) is 19.2 Å². The Labute approximate surface area is 82.5 Å². The third kappa shape index (κ3) is 3.61. The number of hydrogen-bond donors (Lipinski definition) is 1. The van der Waals surface area contributed by atoms with Crippen LogP contribution in [0.2, 0.25) is 0 Å². The molecule has 0 atom stereocenters. The quantitative estimate of drug-likeness (QED) is 0.796. The molecule has 0 amide bonds. The van der Waals surface area contributed by atoms with E-state index in [0.29, 0.717) is 12.3 Å².